The van der Waals surface area contributed by atoms with E-state index in [-0.39, 0.29) is 17.8 Å². The molecule has 0 fully saturated rings. The van der Waals surface area contributed by atoms with Gasteiger partial charge in [-0.1, -0.05) is 43.3 Å². The van der Waals surface area contributed by atoms with Crippen LogP contribution in [-0.4, -0.2) is 18.3 Å². The third-order valence-corrected chi connectivity index (χ3v) is 3.54. The number of methoxy groups -OCH3 is 1. The van der Waals surface area contributed by atoms with Crippen LogP contribution in [0.4, 0.5) is 0 Å². The fourth-order valence-corrected chi connectivity index (χ4v) is 2.31. The lowest BCUT2D eigenvalue weighted by atomic mass is 9.95. The van der Waals surface area contributed by atoms with Gasteiger partial charge in [0.1, 0.15) is 5.76 Å². The van der Waals surface area contributed by atoms with Crippen molar-refractivity contribution < 1.29 is 9.84 Å². The van der Waals surface area contributed by atoms with Gasteiger partial charge in [-0.25, -0.2) is 0 Å². The Hall–Kier alpha value is -2.00. The molecule has 20 heavy (non-hydrogen) atoms. The third-order valence-electron chi connectivity index (χ3n) is 3.54. The van der Waals surface area contributed by atoms with Gasteiger partial charge in [0.15, 0.2) is 0 Å². The molecule has 3 heteroatoms. The third kappa shape index (κ3) is 3.31. The van der Waals surface area contributed by atoms with Crippen LogP contribution < -0.4 is 5.73 Å². The van der Waals surface area contributed by atoms with Crippen molar-refractivity contribution in [3.8, 4) is 0 Å². The van der Waals surface area contributed by atoms with Crippen molar-refractivity contribution in [3.05, 3.63) is 71.2 Å². The summed E-state index contributed by atoms with van der Waals surface area (Å²) in [6.45, 7) is 2.05. The van der Waals surface area contributed by atoms with Crippen molar-refractivity contribution >= 4 is 0 Å². The number of hydrogen-bond donors (Lipinski definition) is 2. The highest BCUT2D eigenvalue weighted by molar-refractivity contribution is 5.45. The molecule has 106 valence electrons. The molecule has 2 rings (SSSR count). The lowest BCUT2D eigenvalue weighted by Gasteiger charge is -2.19. The number of hydrogen-bond acceptors (Lipinski definition) is 3. The van der Waals surface area contributed by atoms with E-state index in [9.17, 15) is 5.11 Å². The van der Waals surface area contributed by atoms with Gasteiger partial charge in [0.25, 0.3) is 0 Å². The molecule has 0 spiro atoms. The molecule has 2 atom stereocenters. The molecule has 0 saturated heterocycles. The largest absolute Gasteiger partial charge is 0.508 e. The summed E-state index contributed by atoms with van der Waals surface area (Å²) < 4.78 is 5.24. The molecule has 3 nitrogen and oxygen atoms in total. The fourth-order valence-electron chi connectivity index (χ4n) is 2.31. The van der Waals surface area contributed by atoms with Gasteiger partial charge in [-0.15, -0.1) is 0 Å². The molecule has 0 amide bonds. The lowest BCUT2D eigenvalue weighted by Crippen LogP contribution is -2.17. The highest BCUT2D eigenvalue weighted by atomic mass is 16.5. The van der Waals surface area contributed by atoms with Crippen molar-refractivity contribution in [2.24, 2.45) is 5.73 Å². The Bertz CT molecular complexity index is 543. The van der Waals surface area contributed by atoms with Crippen LogP contribution in [-0.2, 0) is 4.74 Å². The average Bonchev–Trinajstić information content (AvgIpc) is 2.47. The summed E-state index contributed by atoms with van der Waals surface area (Å²) in [6, 6.07) is 10.1. The van der Waals surface area contributed by atoms with Crippen LogP contribution >= 0.6 is 0 Å². The zero-order valence-electron chi connectivity index (χ0n) is 11.9. The molecule has 0 radical (unpaired) electrons. The SMILES string of the molecule is COC1C=C(N)C(/C(O)=C\C(C)c2ccccc2)=CC1. The second-order valence-electron chi connectivity index (χ2n) is 5.00. The molecule has 3 N–H and O–H groups in total. The van der Waals surface area contributed by atoms with Crippen LogP contribution in [0.25, 0.3) is 0 Å². The van der Waals surface area contributed by atoms with Crippen LogP contribution in [0.5, 0.6) is 0 Å². The normalized spacial score (nSPS) is 21.1. The van der Waals surface area contributed by atoms with Gasteiger partial charge in [-0.2, -0.15) is 0 Å². The van der Waals surface area contributed by atoms with E-state index in [1.54, 1.807) is 7.11 Å². The minimum atomic E-state index is -0.00176. The van der Waals surface area contributed by atoms with Gasteiger partial charge < -0.3 is 15.6 Å². The van der Waals surface area contributed by atoms with E-state index in [1.807, 2.05) is 55.5 Å². The predicted octanol–water partition coefficient (Wildman–Crippen LogP) is 3.42. The Morgan fingerprint density at radius 2 is 2.10 bits per heavy atom. The number of allylic oxidation sites excluding steroid dienone is 1. The molecule has 1 aliphatic carbocycles. The van der Waals surface area contributed by atoms with E-state index in [1.165, 1.54) is 0 Å². The molecular weight excluding hydrogens is 250 g/mol. The van der Waals surface area contributed by atoms with Crippen molar-refractivity contribution in [3.63, 3.8) is 0 Å². The van der Waals surface area contributed by atoms with Gasteiger partial charge in [-0.3, -0.25) is 0 Å². The number of aliphatic hydroxyl groups excluding tert-OH is 1. The standard InChI is InChI=1S/C17H21NO2/c1-12(13-6-4-3-5-7-13)10-17(19)15-9-8-14(20-2)11-16(15)18/h3-7,9-12,14,19H,8,18H2,1-2H3/b17-10+. The van der Waals surface area contributed by atoms with E-state index < -0.39 is 0 Å². The Morgan fingerprint density at radius 1 is 1.40 bits per heavy atom. The van der Waals surface area contributed by atoms with Crippen LogP contribution in [0.15, 0.2) is 65.6 Å². The van der Waals surface area contributed by atoms with Crippen LogP contribution in [0.2, 0.25) is 0 Å². The summed E-state index contributed by atoms with van der Waals surface area (Å²) >= 11 is 0. The molecule has 0 bridgehead atoms. The Morgan fingerprint density at radius 3 is 2.70 bits per heavy atom. The first-order valence-electron chi connectivity index (χ1n) is 6.78. The Kier molecular flexibility index (Phi) is 4.64. The summed E-state index contributed by atoms with van der Waals surface area (Å²) in [5, 5.41) is 10.3. The molecule has 0 heterocycles. The quantitative estimate of drug-likeness (QED) is 0.825. The molecular formula is C17H21NO2. The molecule has 0 aliphatic heterocycles. The second-order valence-corrected chi connectivity index (χ2v) is 5.00. The van der Waals surface area contributed by atoms with Gasteiger partial charge in [-0.05, 0) is 24.1 Å². The van der Waals surface area contributed by atoms with Crippen LogP contribution in [0, 0.1) is 0 Å². The Balaban J connectivity index is 2.16. The summed E-state index contributed by atoms with van der Waals surface area (Å²) in [6.07, 6.45) is 6.32. The van der Waals surface area contributed by atoms with Gasteiger partial charge >= 0.3 is 0 Å². The molecule has 1 aromatic carbocycles. The van der Waals surface area contributed by atoms with Crippen LogP contribution in [0.3, 0.4) is 0 Å². The van der Waals surface area contributed by atoms with Gasteiger partial charge in [0, 0.05) is 24.3 Å². The monoisotopic (exact) mass is 271 g/mol. The van der Waals surface area contributed by atoms with Crippen molar-refractivity contribution in [1.29, 1.82) is 0 Å². The van der Waals surface area contributed by atoms with E-state index in [0.717, 1.165) is 12.0 Å². The van der Waals surface area contributed by atoms with Gasteiger partial charge in [0.2, 0.25) is 0 Å². The van der Waals surface area contributed by atoms with Crippen molar-refractivity contribution in [1.82, 2.24) is 0 Å². The zero-order chi connectivity index (χ0) is 14.5. The van der Waals surface area contributed by atoms with E-state index in [2.05, 4.69) is 0 Å². The maximum atomic E-state index is 10.3. The van der Waals surface area contributed by atoms with E-state index in [0.29, 0.717) is 11.3 Å². The van der Waals surface area contributed by atoms with Crippen molar-refractivity contribution in [2.45, 2.75) is 25.4 Å². The number of nitrogens with two attached hydrogens (primary N) is 1. The first-order chi connectivity index (χ1) is 9.61. The first-order valence-corrected chi connectivity index (χ1v) is 6.78. The fraction of sp³-hybridized carbons (Fsp3) is 0.294. The Labute approximate surface area is 120 Å². The topological polar surface area (TPSA) is 55.5 Å². The smallest absolute Gasteiger partial charge is 0.121 e. The van der Waals surface area contributed by atoms with Gasteiger partial charge in [0.05, 0.1) is 6.10 Å². The maximum Gasteiger partial charge on any atom is 0.121 e. The molecule has 0 saturated carbocycles. The minimum Gasteiger partial charge on any atom is -0.508 e. The highest BCUT2D eigenvalue weighted by Gasteiger charge is 2.16. The summed E-state index contributed by atoms with van der Waals surface area (Å²) in [4.78, 5) is 0. The lowest BCUT2D eigenvalue weighted by molar-refractivity contribution is 0.141. The summed E-state index contributed by atoms with van der Waals surface area (Å²) in [5.41, 5.74) is 8.39. The number of rotatable bonds is 4. The average molecular weight is 271 g/mol. The minimum absolute atomic E-state index is 0.00176. The maximum absolute atomic E-state index is 10.3. The highest BCUT2D eigenvalue weighted by Crippen LogP contribution is 2.25. The number of ether oxygens (including phenoxy) is 1. The summed E-state index contributed by atoms with van der Waals surface area (Å²) in [7, 11) is 1.65. The number of aliphatic hydroxyl groups is 1. The summed E-state index contributed by atoms with van der Waals surface area (Å²) in [5.74, 6) is 0.356. The van der Waals surface area contributed by atoms with Crippen molar-refractivity contribution in [2.75, 3.05) is 7.11 Å². The molecule has 2 unspecified atom stereocenters. The van der Waals surface area contributed by atoms with E-state index in [4.69, 9.17) is 10.5 Å². The predicted molar refractivity (Wildman–Crippen MR) is 81.3 cm³/mol. The first kappa shape index (κ1) is 14.4. The zero-order valence-corrected chi connectivity index (χ0v) is 11.9. The van der Waals surface area contributed by atoms with Crippen LogP contribution in [0.1, 0.15) is 24.8 Å². The molecule has 0 aromatic heterocycles. The second kappa shape index (κ2) is 6.44. The van der Waals surface area contributed by atoms with E-state index >= 15 is 0 Å². The molecule has 1 aliphatic rings. The molecule has 1 aromatic rings. The number of benzene rings is 1.